The topological polar surface area (TPSA) is 78.9 Å². The maximum Gasteiger partial charge on any atom is 0.306 e. The highest BCUT2D eigenvalue weighted by Gasteiger charge is 2.19. The maximum absolute atomic E-state index is 12.8. The molecular formula is C54H96O6. The van der Waals surface area contributed by atoms with Crippen molar-refractivity contribution >= 4 is 17.9 Å². The summed E-state index contributed by atoms with van der Waals surface area (Å²) in [6, 6.07) is 0. The molecule has 0 radical (unpaired) electrons. The lowest BCUT2D eigenvalue weighted by Gasteiger charge is -2.18. The quantitative estimate of drug-likeness (QED) is 0.0263. The van der Waals surface area contributed by atoms with Gasteiger partial charge in [0.1, 0.15) is 13.2 Å². The normalized spacial score (nSPS) is 12.4. The minimum atomic E-state index is -0.791. The van der Waals surface area contributed by atoms with Gasteiger partial charge in [0.05, 0.1) is 0 Å². The Kier molecular flexibility index (Phi) is 46.9. The molecule has 1 unspecified atom stereocenters. The van der Waals surface area contributed by atoms with E-state index in [4.69, 9.17) is 14.2 Å². The lowest BCUT2D eigenvalue weighted by molar-refractivity contribution is -0.167. The van der Waals surface area contributed by atoms with Crippen LogP contribution in [0.25, 0.3) is 0 Å². The first-order chi connectivity index (χ1) is 29.5. The molecule has 6 nitrogen and oxygen atoms in total. The minimum absolute atomic E-state index is 0.0934. The van der Waals surface area contributed by atoms with Crippen molar-refractivity contribution in [3.05, 3.63) is 48.6 Å². The van der Waals surface area contributed by atoms with Gasteiger partial charge in [0, 0.05) is 19.3 Å². The fourth-order valence-electron chi connectivity index (χ4n) is 7.17. The molecule has 0 heterocycles. The minimum Gasteiger partial charge on any atom is -0.462 e. The highest BCUT2D eigenvalue weighted by molar-refractivity contribution is 5.71. The molecule has 1 atom stereocenters. The van der Waals surface area contributed by atoms with Crippen molar-refractivity contribution in [2.75, 3.05) is 13.2 Å². The molecule has 0 amide bonds. The average molecular weight is 841 g/mol. The molecule has 0 saturated heterocycles. The zero-order valence-corrected chi connectivity index (χ0v) is 39.7. The van der Waals surface area contributed by atoms with Gasteiger partial charge in [-0.2, -0.15) is 0 Å². The van der Waals surface area contributed by atoms with Crippen LogP contribution in [0.5, 0.6) is 0 Å². The van der Waals surface area contributed by atoms with E-state index in [0.717, 1.165) is 83.5 Å². The second kappa shape index (κ2) is 49.0. The number of rotatable bonds is 46. The number of esters is 3. The molecule has 0 fully saturated rings. The van der Waals surface area contributed by atoms with E-state index in [2.05, 4.69) is 69.4 Å². The monoisotopic (exact) mass is 841 g/mol. The van der Waals surface area contributed by atoms with Gasteiger partial charge < -0.3 is 14.2 Å². The van der Waals surface area contributed by atoms with Crippen LogP contribution in [0.4, 0.5) is 0 Å². The maximum atomic E-state index is 12.8. The van der Waals surface area contributed by atoms with Gasteiger partial charge in [0.2, 0.25) is 0 Å². The molecule has 0 aromatic heterocycles. The number of hydrogen-bond donors (Lipinski definition) is 0. The Morgan fingerprint density at radius 2 is 0.600 bits per heavy atom. The van der Waals surface area contributed by atoms with Crippen molar-refractivity contribution in [1.29, 1.82) is 0 Å². The predicted octanol–water partition coefficient (Wildman–Crippen LogP) is 16.7. The molecule has 0 aromatic rings. The number of carbonyl (C=O) groups is 3. The summed E-state index contributed by atoms with van der Waals surface area (Å²) in [5.74, 6) is -0.938. The summed E-state index contributed by atoms with van der Waals surface area (Å²) < 4.78 is 16.7. The molecule has 0 aliphatic rings. The van der Waals surface area contributed by atoms with Crippen LogP contribution >= 0.6 is 0 Å². The zero-order valence-electron chi connectivity index (χ0n) is 39.7. The van der Waals surface area contributed by atoms with Crippen LogP contribution in [0.15, 0.2) is 48.6 Å². The molecule has 0 N–H and O–H groups in total. The third-order valence-electron chi connectivity index (χ3n) is 11.1. The SMILES string of the molecule is CCCC/C=C\C=C/CCCCCC(=O)OCC(COC(=O)CCCCC/C=C\C=C/CCCCCCCCC)OC(=O)CCCCCCCCCCCCCCCCC. The number of unbranched alkanes of at least 4 members (excludes halogenated alkanes) is 29. The molecule has 6 heteroatoms. The van der Waals surface area contributed by atoms with Gasteiger partial charge in [-0.1, -0.05) is 223 Å². The van der Waals surface area contributed by atoms with Crippen molar-refractivity contribution in [1.82, 2.24) is 0 Å². The summed E-state index contributed by atoms with van der Waals surface area (Å²) in [4.78, 5) is 37.9. The van der Waals surface area contributed by atoms with E-state index in [1.54, 1.807) is 0 Å². The van der Waals surface area contributed by atoms with Gasteiger partial charge in [-0.05, 0) is 64.2 Å². The Bertz CT molecular complexity index is 1060. The third kappa shape index (κ3) is 46.4. The van der Waals surface area contributed by atoms with Crippen LogP contribution in [0.2, 0.25) is 0 Å². The third-order valence-corrected chi connectivity index (χ3v) is 11.1. The largest absolute Gasteiger partial charge is 0.462 e. The number of hydrogen-bond acceptors (Lipinski definition) is 6. The molecule has 0 aliphatic heterocycles. The second-order valence-corrected chi connectivity index (χ2v) is 17.1. The molecule has 0 bridgehead atoms. The van der Waals surface area contributed by atoms with Gasteiger partial charge in [-0.25, -0.2) is 0 Å². The van der Waals surface area contributed by atoms with Crippen molar-refractivity contribution in [2.24, 2.45) is 0 Å². The summed E-state index contributed by atoms with van der Waals surface area (Å²) in [5.41, 5.74) is 0. The summed E-state index contributed by atoms with van der Waals surface area (Å²) in [6.07, 6.45) is 58.1. The molecule has 60 heavy (non-hydrogen) atoms. The molecule has 0 aromatic carbocycles. The predicted molar refractivity (Wildman–Crippen MR) is 256 cm³/mol. The second-order valence-electron chi connectivity index (χ2n) is 17.1. The Labute approximate surface area is 371 Å². The first kappa shape index (κ1) is 57.4. The van der Waals surface area contributed by atoms with E-state index in [9.17, 15) is 14.4 Å². The fourth-order valence-corrected chi connectivity index (χ4v) is 7.17. The average Bonchev–Trinajstić information content (AvgIpc) is 3.24. The Morgan fingerprint density at radius 3 is 0.950 bits per heavy atom. The Hall–Kier alpha value is -2.63. The molecular weight excluding hydrogens is 745 g/mol. The van der Waals surface area contributed by atoms with E-state index in [1.807, 2.05) is 0 Å². The van der Waals surface area contributed by atoms with Crippen LogP contribution in [0.3, 0.4) is 0 Å². The van der Waals surface area contributed by atoms with Crippen LogP contribution in [-0.4, -0.2) is 37.2 Å². The van der Waals surface area contributed by atoms with E-state index >= 15 is 0 Å². The van der Waals surface area contributed by atoms with E-state index in [1.165, 1.54) is 135 Å². The van der Waals surface area contributed by atoms with Crippen molar-refractivity contribution in [3.63, 3.8) is 0 Å². The Morgan fingerprint density at radius 1 is 0.333 bits per heavy atom. The molecule has 0 saturated carbocycles. The standard InChI is InChI=1S/C54H96O6/c1-4-7-10-13-16-19-22-24-26-28-29-32-35-38-41-44-47-53(56)59-50-51(49-58-52(55)46-43-40-37-34-31-21-18-15-12-9-6-3)60-54(57)48-45-42-39-36-33-30-27-25-23-20-17-14-11-8-5-2/h15,18,21,26,28-29,31-32,51H,4-14,16-17,19-20,22-25,27,30,33-50H2,1-3H3/b18-15-,28-26-,31-21-,32-29-. The van der Waals surface area contributed by atoms with Crippen molar-refractivity contribution in [3.8, 4) is 0 Å². The van der Waals surface area contributed by atoms with E-state index < -0.39 is 6.10 Å². The van der Waals surface area contributed by atoms with Crippen LogP contribution in [-0.2, 0) is 28.6 Å². The summed E-state index contributed by atoms with van der Waals surface area (Å²) in [7, 11) is 0. The van der Waals surface area contributed by atoms with E-state index in [0.29, 0.717) is 19.3 Å². The van der Waals surface area contributed by atoms with Gasteiger partial charge in [0.15, 0.2) is 6.10 Å². The highest BCUT2D eigenvalue weighted by atomic mass is 16.6. The first-order valence-corrected chi connectivity index (χ1v) is 25.7. The zero-order chi connectivity index (χ0) is 43.7. The van der Waals surface area contributed by atoms with Crippen molar-refractivity contribution < 1.29 is 28.6 Å². The van der Waals surface area contributed by atoms with Gasteiger partial charge >= 0.3 is 17.9 Å². The smallest absolute Gasteiger partial charge is 0.306 e. The summed E-state index contributed by atoms with van der Waals surface area (Å²) in [5, 5.41) is 0. The Balaban J connectivity index is 4.41. The number of carbonyl (C=O) groups excluding carboxylic acids is 3. The van der Waals surface area contributed by atoms with Crippen LogP contribution < -0.4 is 0 Å². The van der Waals surface area contributed by atoms with Crippen molar-refractivity contribution in [2.45, 2.75) is 264 Å². The first-order valence-electron chi connectivity index (χ1n) is 25.7. The van der Waals surface area contributed by atoms with E-state index in [-0.39, 0.29) is 31.1 Å². The lowest BCUT2D eigenvalue weighted by atomic mass is 10.0. The molecule has 0 rings (SSSR count). The lowest BCUT2D eigenvalue weighted by Crippen LogP contribution is -2.30. The summed E-state index contributed by atoms with van der Waals surface area (Å²) in [6.45, 7) is 6.55. The molecule has 348 valence electrons. The van der Waals surface area contributed by atoms with Gasteiger partial charge in [0.25, 0.3) is 0 Å². The van der Waals surface area contributed by atoms with Crippen LogP contribution in [0.1, 0.15) is 258 Å². The van der Waals surface area contributed by atoms with Gasteiger partial charge in [-0.3, -0.25) is 14.4 Å². The van der Waals surface area contributed by atoms with Gasteiger partial charge in [-0.15, -0.1) is 0 Å². The fraction of sp³-hybridized carbons (Fsp3) is 0.796. The number of allylic oxidation sites excluding steroid dienone is 8. The van der Waals surface area contributed by atoms with Crippen LogP contribution in [0, 0.1) is 0 Å². The molecule has 0 aliphatic carbocycles. The molecule has 0 spiro atoms. The summed E-state index contributed by atoms with van der Waals surface area (Å²) >= 11 is 0. The highest BCUT2D eigenvalue weighted by Crippen LogP contribution is 2.15. The number of ether oxygens (including phenoxy) is 3.